The summed E-state index contributed by atoms with van der Waals surface area (Å²) in [6.07, 6.45) is 5.11. The number of likely N-dealkylation sites (tertiary alicyclic amines) is 1. The Labute approximate surface area is 188 Å². The topological polar surface area (TPSA) is 70.7 Å². The highest BCUT2D eigenvalue weighted by Gasteiger charge is 2.21. The summed E-state index contributed by atoms with van der Waals surface area (Å²) in [5.41, 5.74) is 2.04. The highest BCUT2D eigenvalue weighted by atomic mass is 32.1. The van der Waals surface area contributed by atoms with E-state index in [1.807, 2.05) is 29.2 Å². The maximum Gasteiger partial charge on any atom is 0.253 e. The Morgan fingerprint density at radius 2 is 1.87 bits per heavy atom. The monoisotopic (exact) mass is 437 g/mol. The molecule has 1 fully saturated rings. The fourth-order valence-corrected chi connectivity index (χ4v) is 3.63. The highest BCUT2D eigenvalue weighted by Crippen LogP contribution is 2.20. The van der Waals surface area contributed by atoms with E-state index in [1.54, 1.807) is 37.5 Å². The number of ether oxygens (including phenoxy) is 1. The molecule has 7 heteroatoms. The number of para-hydroxylation sites is 1. The second-order valence-corrected chi connectivity index (χ2v) is 7.98. The lowest BCUT2D eigenvalue weighted by Crippen LogP contribution is -2.38. The third-order valence-electron chi connectivity index (χ3n) is 5.23. The third kappa shape index (κ3) is 6.39. The van der Waals surface area contributed by atoms with E-state index >= 15 is 0 Å². The molecule has 0 bridgehead atoms. The SMILES string of the molecule is COc1ccccc1/C=C/C(=O)NC(=S)Nc1cccc(C(=O)N2CCC(C)CC2)c1. The van der Waals surface area contributed by atoms with Crippen LogP contribution in [0.2, 0.25) is 0 Å². The summed E-state index contributed by atoms with van der Waals surface area (Å²) < 4.78 is 5.27. The van der Waals surface area contributed by atoms with E-state index in [4.69, 9.17) is 17.0 Å². The molecule has 0 saturated carbocycles. The van der Waals surface area contributed by atoms with E-state index in [-0.39, 0.29) is 16.9 Å². The zero-order valence-electron chi connectivity index (χ0n) is 17.8. The number of benzene rings is 2. The lowest BCUT2D eigenvalue weighted by Gasteiger charge is -2.30. The first kappa shape index (κ1) is 22.5. The van der Waals surface area contributed by atoms with E-state index in [9.17, 15) is 9.59 Å². The van der Waals surface area contributed by atoms with Crippen molar-refractivity contribution in [3.63, 3.8) is 0 Å². The van der Waals surface area contributed by atoms with Crippen LogP contribution >= 0.6 is 12.2 Å². The molecule has 0 aliphatic carbocycles. The van der Waals surface area contributed by atoms with Crippen molar-refractivity contribution < 1.29 is 14.3 Å². The van der Waals surface area contributed by atoms with E-state index in [1.165, 1.54) is 6.08 Å². The third-order valence-corrected chi connectivity index (χ3v) is 5.43. The van der Waals surface area contributed by atoms with Crippen molar-refractivity contribution in [1.82, 2.24) is 10.2 Å². The predicted octanol–water partition coefficient (Wildman–Crippen LogP) is 4.09. The van der Waals surface area contributed by atoms with Crippen LogP contribution < -0.4 is 15.4 Å². The molecule has 1 aliphatic rings. The van der Waals surface area contributed by atoms with Gasteiger partial charge in [-0.05, 0) is 61.3 Å². The van der Waals surface area contributed by atoms with Crippen molar-refractivity contribution in [2.45, 2.75) is 19.8 Å². The molecule has 2 N–H and O–H groups in total. The number of methoxy groups -OCH3 is 1. The van der Waals surface area contributed by atoms with Crippen LogP contribution in [-0.2, 0) is 4.79 Å². The Morgan fingerprint density at radius 3 is 2.61 bits per heavy atom. The molecule has 0 spiro atoms. The Morgan fingerprint density at radius 1 is 1.13 bits per heavy atom. The molecule has 2 aromatic carbocycles. The maximum absolute atomic E-state index is 12.8. The van der Waals surface area contributed by atoms with Gasteiger partial charge in [-0.25, -0.2) is 0 Å². The van der Waals surface area contributed by atoms with E-state index in [2.05, 4.69) is 17.6 Å². The van der Waals surface area contributed by atoms with Crippen LogP contribution in [0.15, 0.2) is 54.6 Å². The number of rotatable bonds is 5. The molecule has 162 valence electrons. The minimum atomic E-state index is -0.363. The van der Waals surface area contributed by atoms with Crippen LogP contribution in [0.4, 0.5) is 5.69 Å². The summed E-state index contributed by atoms with van der Waals surface area (Å²) in [5, 5.41) is 5.74. The van der Waals surface area contributed by atoms with Crippen LogP contribution in [-0.4, -0.2) is 42.0 Å². The largest absolute Gasteiger partial charge is 0.496 e. The highest BCUT2D eigenvalue weighted by molar-refractivity contribution is 7.80. The average molecular weight is 438 g/mol. The van der Waals surface area contributed by atoms with Gasteiger partial charge in [-0.2, -0.15) is 0 Å². The molecule has 2 aromatic rings. The lowest BCUT2D eigenvalue weighted by atomic mass is 9.98. The molecule has 6 nitrogen and oxygen atoms in total. The van der Waals surface area contributed by atoms with E-state index < -0.39 is 0 Å². The van der Waals surface area contributed by atoms with Crippen LogP contribution in [0.1, 0.15) is 35.7 Å². The molecular formula is C24H27N3O3S. The van der Waals surface area contributed by atoms with Gasteiger partial charge in [0.25, 0.3) is 5.91 Å². The Balaban J connectivity index is 1.56. The molecule has 1 heterocycles. The normalized spacial score (nSPS) is 14.3. The van der Waals surface area contributed by atoms with Crippen molar-refractivity contribution in [2.75, 3.05) is 25.5 Å². The number of piperidine rings is 1. The van der Waals surface area contributed by atoms with Crippen molar-refractivity contribution in [1.29, 1.82) is 0 Å². The van der Waals surface area contributed by atoms with Gasteiger partial charge in [-0.1, -0.05) is 31.2 Å². The smallest absolute Gasteiger partial charge is 0.253 e. The quantitative estimate of drug-likeness (QED) is 0.545. The van der Waals surface area contributed by atoms with E-state index in [0.717, 1.165) is 31.5 Å². The first-order valence-corrected chi connectivity index (χ1v) is 10.7. The number of thiocarbonyl (C=S) groups is 1. The van der Waals surface area contributed by atoms with E-state index in [0.29, 0.717) is 22.9 Å². The van der Waals surface area contributed by atoms with Gasteiger partial charge < -0.3 is 15.0 Å². The average Bonchev–Trinajstić information content (AvgIpc) is 2.78. The molecule has 31 heavy (non-hydrogen) atoms. The second kappa shape index (κ2) is 10.7. The van der Waals surface area contributed by atoms with Gasteiger partial charge in [0.15, 0.2) is 5.11 Å². The minimum absolute atomic E-state index is 0.0187. The zero-order chi connectivity index (χ0) is 22.2. The Hall–Kier alpha value is -3.19. The summed E-state index contributed by atoms with van der Waals surface area (Å²) in [7, 11) is 1.58. The second-order valence-electron chi connectivity index (χ2n) is 7.57. The van der Waals surface area contributed by atoms with Gasteiger partial charge in [-0.3, -0.25) is 14.9 Å². The van der Waals surface area contributed by atoms with Crippen molar-refractivity contribution in [3.8, 4) is 5.75 Å². The molecule has 0 aromatic heterocycles. The van der Waals surface area contributed by atoms with Gasteiger partial charge in [0.05, 0.1) is 7.11 Å². The van der Waals surface area contributed by atoms with Gasteiger partial charge in [0.1, 0.15) is 5.75 Å². The zero-order valence-corrected chi connectivity index (χ0v) is 18.6. The number of hydrogen-bond donors (Lipinski definition) is 2. The van der Waals surface area contributed by atoms with Crippen molar-refractivity contribution in [2.24, 2.45) is 5.92 Å². The summed E-state index contributed by atoms with van der Waals surface area (Å²) in [5.74, 6) is 0.996. The maximum atomic E-state index is 12.8. The van der Waals surface area contributed by atoms with Crippen LogP contribution in [0.25, 0.3) is 6.08 Å². The number of carbonyl (C=O) groups is 2. The summed E-state index contributed by atoms with van der Waals surface area (Å²) in [4.78, 5) is 26.9. The number of anilines is 1. The number of carbonyl (C=O) groups excluding carboxylic acids is 2. The fraction of sp³-hybridized carbons (Fsp3) is 0.292. The van der Waals surface area contributed by atoms with Gasteiger partial charge in [0, 0.05) is 36.0 Å². The number of nitrogens with zero attached hydrogens (tertiary/aromatic N) is 1. The van der Waals surface area contributed by atoms with Crippen LogP contribution in [0.5, 0.6) is 5.75 Å². The fourth-order valence-electron chi connectivity index (χ4n) is 3.41. The van der Waals surface area contributed by atoms with Crippen molar-refractivity contribution in [3.05, 3.63) is 65.7 Å². The Bertz CT molecular complexity index is 982. The first-order chi connectivity index (χ1) is 15.0. The molecule has 3 rings (SSSR count). The number of hydrogen-bond acceptors (Lipinski definition) is 4. The first-order valence-electron chi connectivity index (χ1n) is 10.3. The molecular weight excluding hydrogens is 410 g/mol. The summed E-state index contributed by atoms with van der Waals surface area (Å²) in [6, 6.07) is 14.6. The van der Waals surface area contributed by atoms with Crippen molar-refractivity contribution >= 4 is 40.9 Å². The predicted molar refractivity (Wildman–Crippen MR) is 127 cm³/mol. The van der Waals surface area contributed by atoms with Gasteiger partial charge in [-0.15, -0.1) is 0 Å². The summed E-state index contributed by atoms with van der Waals surface area (Å²) in [6.45, 7) is 3.78. The Kier molecular flexibility index (Phi) is 7.78. The summed E-state index contributed by atoms with van der Waals surface area (Å²) >= 11 is 5.24. The molecule has 0 radical (unpaired) electrons. The van der Waals surface area contributed by atoms with Gasteiger partial charge in [0.2, 0.25) is 5.91 Å². The van der Waals surface area contributed by atoms with Crippen LogP contribution in [0, 0.1) is 5.92 Å². The minimum Gasteiger partial charge on any atom is -0.496 e. The molecule has 1 aliphatic heterocycles. The molecule has 0 unspecified atom stereocenters. The molecule has 2 amide bonds. The number of amides is 2. The number of nitrogens with one attached hydrogen (secondary N) is 2. The molecule has 0 atom stereocenters. The van der Waals surface area contributed by atoms with Gasteiger partial charge >= 0.3 is 0 Å². The molecule has 1 saturated heterocycles. The lowest BCUT2D eigenvalue weighted by molar-refractivity contribution is -0.115. The van der Waals surface area contributed by atoms with Crippen LogP contribution in [0.3, 0.4) is 0 Å². The standard InChI is InChI=1S/C24H27N3O3S/c1-17-12-14-27(15-13-17)23(29)19-7-5-8-20(16-19)25-24(31)26-22(28)11-10-18-6-3-4-9-21(18)30-2/h3-11,16-17H,12-15H2,1-2H3,(H2,25,26,28,31)/b11-10+.